The van der Waals surface area contributed by atoms with Crippen molar-refractivity contribution < 1.29 is 4.79 Å². The Balaban J connectivity index is 3.23. The predicted molar refractivity (Wildman–Crippen MR) is 53.7 cm³/mol. The van der Waals surface area contributed by atoms with Crippen LogP contribution in [0.5, 0.6) is 0 Å². The van der Waals surface area contributed by atoms with Crippen molar-refractivity contribution in [2.75, 3.05) is 12.8 Å². The fourth-order valence-corrected chi connectivity index (χ4v) is 1.25. The Kier molecular flexibility index (Phi) is 2.56. The highest BCUT2D eigenvalue weighted by atomic mass is 16.1. The maximum Gasteiger partial charge on any atom is 0.251 e. The highest BCUT2D eigenvalue weighted by molar-refractivity contribution is 5.96. The molecule has 0 aliphatic heterocycles. The second kappa shape index (κ2) is 3.47. The van der Waals surface area contributed by atoms with E-state index >= 15 is 0 Å². The number of nitrogens with one attached hydrogen (secondary N) is 1. The molecule has 13 heavy (non-hydrogen) atoms. The summed E-state index contributed by atoms with van der Waals surface area (Å²) in [5, 5.41) is 2.57. The molecule has 70 valence electrons. The van der Waals surface area contributed by atoms with Gasteiger partial charge in [-0.05, 0) is 31.0 Å². The fraction of sp³-hybridized carbons (Fsp3) is 0.300. The number of hydrogen-bond acceptors (Lipinski definition) is 2. The van der Waals surface area contributed by atoms with Gasteiger partial charge in [0.1, 0.15) is 0 Å². The summed E-state index contributed by atoms with van der Waals surface area (Å²) in [7, 11) is 1.61. The van der Waals surface area contributed by atoms with Crippen molar-refractivity contribution in [3.63, 3.8) is 0 Å². The Bertz CT molecular complexity index is 345. The molecule has 0 bridgehead atoms. The summed E-state index contributed by atoms with van der Waals surface area (Å²) in [6.45, 7) is 3.83. The first-order valence-electron chi connectivity index (χ1n) is 4.15. The van der Waals surface area contributed by atoms with Crippen LogP contribution in [0.4, 0.5) is 5.69 Å². The molecule has 0 saturated heterocycles. The van der Waals surface area contributed by atoms with Gasteiger partial charge in [-0.25, -0.2) is 0 Å². The number of hydrogen-bond donors (Lipinski definition) is 2. The summed E-state index contributed by atoms with van der Waals surface area (Å²) in [6.07, 6.45) is 0. The molecule has 0 spiro atoms. The van der Waals surface area contributed by atoms with Crippen molar-refractivity contribution in [3.05, 3.63) is 28.8 Å². The molecule has 0 unspecified atom stereocenters. The molecule has 1 rings (SSSR count). The van der Waals surface area contributed by atoms with E-state index in [1.165, 1.54) is 0 Å². The van der Waals surface area contributed by atoms with Gasteiger partial charge in [0.2, 0.25) is 0 Å². The number of amides is 1. The van der Waals surface area contributed by atoms with Gasteiger partial charge in [0.25, 0.3) is 5.91 Å². The smallest absolute Gasteiger partial charge is 0.251 e. The van der Waals surface area contributed by atoms with Gasteiger partial charge < -0.3 is 11.1 Å². The highest BCUT2D eigenvalue weighted by Gasteiger charge is 2.08. The zero-order valence-electron chi connectivity index (χ0n) is 8.14. The summed E-state index contributed by atoms with van der Waals surface area (Å²) < 4.78 is 0. The second-order valence-electron chi connectivity index (χ2n) is 3.10. The molecule has 3 nitrogen and oxygen atoms in total. The Hall–Kier alpha value is -1.51. The third-order valence-electron chi connectivity index (χ3n) is 2.08. The van der Waals surface area contributed by atoms with Crippen LogP contribution in [0.1, 0.15) is 21.5 Å². The van der Waals surface area contributed by atoms with Gasteiger partial charge in [0.15, 0.2) is 0 Å². The summed E-state index contributed by atoms with van der Waals surface area (Å²) >= 11 is 0. The van der Waals surface area contributed by atoms with Gasteiger partial charge in [-0.15, -0.1) is 0 Å². The Morgan fingerprint density at radius 2 is 1.92 bits per heavy atom. The Morgan fingerprint density at radius 1 is 1.31 bits per heavy atom. The molecule has 0 saturated carbocycles. The van der Waals surface area contributed by atoms with Crippen LogP contribution in [-0.4, -0.2) is 13.0 Å². The average molecular weight is 178 g/mol. The van der Waals surface area contributed by atoms with Gasteiger partial charge in [0, 0.05) is 18.3 Å². The Labute approximate surface area is 77.9 Å². The lowest BCUT2D eigenvalue weighted by Gasteiger charge is -2.07. The molecular formula is C10H14N2O. The van der Waals surface area contributed by atoms with Crippen LogP contribution in [-0.2, 0) is 0 Å². The minimum atomic E-state index is -0.0933. The highest BCUT2D eigenvalue weighted by Crippen LogP contribution is 2.17. The van der Waals surface area contributed by atoms with Crippen LogP contribution in [0.2, 0.25) is 0 Å². The minimum absolute atomic E-state index is 0.0933. The summed E-state index contributed by atoms with van der Waals surface area (Å²) in [6, 6.07) is 3.63. The monoisotopic (exact) mass is 178 g/mol. The number of rotatable bonds is 1. The maximum absolute atomic E-state index is 11.3. The third kappa shape index (κ3) is 1.80. The molecule has 0 aliphatic rings. The zero-order valence-corrected chi connectivity index (χ0v) is 8.14. The fourth-order valence-electron chi connectivity index (χ4n) is 1.25. The van der Waals surface area contributed by atoms with Crippen molar-refractivity contribution in [2.24, 2.45) is 0 Å². The summed E-state index contributed by atoms with van der Waals surface area (Å²) in [4.78, 5) is 11.3. The standard InChI is InChI=1S/C10H14N2O/c1-6-4-7(2)9(11)5-8(6)10(13)12-3/h4-5H,11H2,1-3H3,(H,12,13). The van der Waals surface area contributed by atoms with Crippen molar-refractivity contribution in [2.45, 2.75) is 13.8 Å². The number of nitrogens with two attached hydrogens (primary N) is 1. The van der Waals surface area contributed by atoms with E-state index in [0.717, 1.165) is 11.1 Å². The van der Waals surface area contributed by atoms with Crippen LogP contribution in [0.3, 0.4) is 0 Å². The molecule has 0 radical (unpaired) electrons. The van der Waals surface area contributed by atoms with Gasteiger partial charge in [0.05, 0.1) is 0 Å². The summed E-state index contributed by atoms with van der Waals surface area (Å²) in [5.41, 5.74) is 8.96. The molecule has 0 aromatic heterocycles. The van der Waals surface area contributed by atoms with E-state index in [-0.39, 0.29) is 5.91 Å². The lowest BCUT2D eigenvalue weighted by Crippen LogP contribution is -2.19. The quantitative estimate of drug-likeness (QED) is 0.636. The van der Waals surface area contributed by atoms with Gasteiger partial charge in [-0.3, -0.25) is 4.79 Å². The van der Waals surface area contributed by atoms with Crippen molar-refractivity contribution in [3.8, 4) is 0 Å². The van der Waals surface area contributed by atoms with E-state index in [0.29, 0.717) is 11.3 Å². The first-order chi connectivity index (χ1) is 6.06. The number of aryl methyl sites for hydroxylation is 2. The molecule has 0 fully saturated rings. The van der Waals surface area contributed by atoms with Crippen LogP contribution >= 0.6 is 0 Å². The van der Waals surface area contributed by atoms with Crippen LogP contribution in [0.15, 0.2) is 12.1 Å². The number of carbonyl (C=O) groups is 1. The van der Waals surface area contributed by atoms with E-state index < -0.39 is 0 Å². The summed E-state index contributed by atoms with van der Waals surface area (Å²) in [5.74, 6) is -0.0933. The molecule has 0 atom stereocenters. The van der Waals surface area contributed by atoms with Gasteiger partial charge in [-0.2, -0.15) is 0 Å². The van der Waals surface area contributed by atoms with Crippen LogP contribution < -0.4 is 11.1 Å². The molecule has 3 N–H and O–H groups in total. The number of nitrogen functional groups attached to an aromatic ring is 1. The topological polar surface area (TPSA) is 55.1 Å². The van der Waals surface area contributed by atoms with Gasteiger partial charge in [-0.1, -0.05) is 6.07 Å². The first-order valence-corrected chi connectivity index (χ1v) is 4.15. The van der Waals surface area contributed by atoms with Gasteiger partial charge >= 0.3 is 0 Å². The third-order valence-corrected chi connectivity index (χ3v) is 2.08. The Morgan fingerprint density at radius 3 is 2.46 bits per heavy atom. The number of carbonyl (C=O) groups excluding carboxylic acids is 1. The zero-order chi connectivity index (χ0) is 10.0. The second-order valence-corrected chi connectivity index (χ2v) is 3.10. The predicted octanol–water partition coefficient (Wildman–Crippen LogP) is 1.25. The van der Waals surface area contributed by atoms with Crippen molar-refractivity contribution in [1.29, 1.82) is 0 Å². The van der Waals surface area contributed by atoms with Crippen molar-refractivity contribution >= 4 is 11.6 Å². The lowest BCUT2D eigenvalue weighted by atomic mass is 10.0. The van der Waals surface area contributed by atoms with Crippen molar-refractivity contribution in [1.82, 2.24) is 5.32 Å². The first kappa shape index (κ1) is 9.58. The van der Waals surface area contributed by atoms with E-state index in [2.05, 4.69) is 5.32 Å². The van der Waals surface area contributed by atoms with Crippen LogP contribution in [0, 0.1) is 13.8 Å². The van der Waals surface area contributed by atoms with E-state index in [1.807, 2.05) is 19.9 Å². The van der Waals surface area contributed by atoms with E-state index in [1.54, 1.807) is 13.1 Å². The van der Waals surface area contributed by atoms with Crippen LogP contribution in [0.25, 0.3) is 0 Å². The SMILES string of the molecule is CNC(=O)c1cc(N)c(C)cc1C. The van der Waals surface area contributed by atoms with E-state index in [4.69, 9.17) is 5.73 Å². The molecule has 1 aromatic rings. The minimum Gasteiger partial charge on any atom is -0.398 e. The number of benzene rings is 1. The molecule has 3 heteroatoms. The molecular weight excluding hydrogens is 164 g/mol. The average Bonchev–Trinajstić information content (AvgIpc) is 2.10. The normalized spacial score (nSPS) is 9.77. The molecule has 1 aromatic carbocycles. The molecule has 1 amide bonds. The maximum atomic E-state index is 11.3. The number of anilines is 1. The molecule has 0 aliphatic carbocycles. The van der Waals surface area contributed by atoms with E-state index in [9.17, 15) is 4.79 Å². The lowest BCUT2D eigenvalue weighted by molar-refractivity contribution is 0.0962. The molecule has 0 heterocycles. The largest absolute Gasteiger partial charge is 0.398 e.